The number of fused-ring (bicyclic) bond motifs is 1. The monoisotopic (exact) mass is 344 g/mol. The SMILES string of the molecule is O=C(O)[C@@H]1C[C@H]2CCCC[C@H]2N1Cc1coc(-c2ccc(F)cc2)n1. The number of nitrogens with zero attached hydrogens (tertiary/aromatic N) is 2. The molecule has 1 N–H and O–H groups in total. The van der Waals surface area contributed by atoms with Gasteiger partial charge >= 0.3 is 5.97 Å². The van der Waals surface area contributed by atoms with Crippen LogP contribution < -0.4 is 0 Å². The van der Waals surface area contributed by atoms with Gasteiger partial charge in [0.1, 0.15) is 18.1 Å². The Morgan fingerprint density at radius 1 is 1.28 bits per heavy atom. The lowest BCUT2D eigenvalue weighted by atomic mass is 9.85. The second-order valence-electron chi connectivity index (χ2n) is 7.02. The van der Waals surface area contributed by atoms with Gasteiger partial charge in [-0.2, -0.15) is 0 Å². The highest BCUT2D eigenvalue weighted by molar-refractivity contribution is 5.74. The van der Waals surface area contributed by atoms with E-state index < -0.39 is 12.0 Å². The quantitative estimate of drug-likeness (QED) is 0.916. The van der Waals surface area contributed by atoms with Gasteiger partial charge in [-0.25, -0.2) is 9.37 Å². The Labute approximate surface area is 145 Å². The molecule has 2 aromatic rings. The lowest BCUT2D eigenvalue weighted by Gasteiger charge is -2.32. The Bertz CT molecular complexity index is 758. The maximum absolute atomic E-state index is 13.0. The van der Waals surface area contributed by atoms with Crippen molar-refractivity contribution < 1.29 is 18.7 Å². The van der Waals surface area contributed by atoms with Gasteiger partial charge in [-0.3, -0.25) is 9.69 Å². The number of halogens is 1. The third-order valence-corrected chi connectivity index (χ3v) is 5.49. The van der Waals surface area contributed by atoms with Gasteiger partial charge in [0.15, 0.2) is 0 Å². The van der Waals surface area contributed by atoms with E-state index in [1.807, 2.05) is 0 Å². The fourth-order valence-corrected chi connectivity index (χ4v) is 4.31. The molecule has 2 aliphatic rings. The van der Waals surface area contributed by atoms with Gasteiger partial charge < -0.3 is 9.52 Å². The Morgan fingerprint density at radius 3 is 2.80 bits per heavy atom. The summed E-state index contributed by atoms with van der Waals surface area (Å²) < 4.78 is 18.6. The van der Waals surface area contributed by atoms with E-state index in [0.29, 0.717) is 30.0 Å². The zero-order chi connectivity index (χ0) is 17.4. The van der Waals surface area contributed by atoms with Gasteiger partial charge in [0.25, 0.3) is 0 Å². The van der Waals surface area contributed by atoms with E-state index in [1.165, 1.54) is 18.6 Å². The molecule has 6 heteroatoms. The van der Waals surface area contributed by atoms with Crippen LogP contribution in [0.5, 0.6) is 0 Å². The van der Waals surface area contributed by atoms with E-state index in [4.69, 9.17) is 4.42 Å². The molecule has 1 aromatic carbocycles. The first-order valence-electron chi connectivity index (χ1n) is 8.80. The molecule has 2 fully saturated rings. The van der Waals surface area contributed by atoms with Crippen LogP contribution in [0.2, 0.25) is 0 Å². The van der Waals surface area contributed by atoms with Crippen LogP contribution in [0.15, 0.2) is 34.9 Å². The fraction of sp³-hybridized carbons (Fsp3) is 0.474. The number of likely N-dealkylation sites (tertiary alicyclic amines) is 1. The highest BCUT2D eigenvalue weighted by Gasteiger charge is 2.45. The van der Waals surface area contributed by atoms with Crippen molar-refractivity contribution in [2.24, 2.45) is 5.92 Å². The summed E-state index contributed by atoms with van der Waals surface area (Å²) in [6, 6.07) is 5.86. The molecule has 4 rings (SSSR count). The average molecular weight is 344 g/mol. The predicted molar refractivity (Wildman–Crippen MR) is 89.2 cm³/mol. The van der Waals surface area contributed by atoms with Crippen molar-refractivity contribution in [3.05, 3.63) is 42.0 Å². The Hall–Kier alpha value is -2.21. The number of carbonyl (C=O) groups is 1. The van der Waals surface area contributed by atoms with Crippen molar-refractivity contribution in [2.75, 3.05) is 0 Å². The van der Waals surface area contributed by atoms with Crippen LogP contribution in [0.3, 0.4) is 0 Å². The lowest BCUT2D eigenvalue weighted by molar-refractivity contribution is -0.142. The molecule has 1 saturated heterocycles. The van der Waals surface area contributed by atoms with Crippen LogP contribution in [-0.4, -0.2) is 33.0 Å². The van der Waals surface area contributed by atoms with Crippen LogP contribution in [-0.2, 0) is 11.3 Å². The van der Waals surface area contributed by atoms with Crippen molar-refractivity contribution in [3.63, 3.8) is 0 Å². The molecule has 2 heterocycles. The molecule has 1 aromatic heterocycles. The molecule has 1 saturated carbocycles. The van der Waals surface area contributed by atoms with Gasteiger partial charge in [-0.15, -0.1) is 0 Å². The standard InChI is InChI=1S/C19H21FN2O3/c20-14-7-5-12(6-8-14)18-21-15(11-25-18)10-22-16-4-2-1-3-13(16)9-17(22)19(23)24/h5-8,11,13,16-17H,1-4,9-10H2,(H,23,24)/t13-,16-,17+/m1/s1. The van der Waals surface area contributed by atoms with Gasteiger partial charge in [-0.1, -0.05) is 12.8 Å². The third-order valence-electron chi connectivity index (χ3n) is 5.49. The van der Waals surface area contributed by atoms with Crippen LogP contribution in [0.1, 0.15) is 37.8 Å². The fourth-order valence-electron chi connectivity index (χ4n) is 4.31. The predicted octanol–water partition coefficient (Wildman–Crippen LogP) is 3.70. The third kappa shape index (κ3) is 3.18. The number of aliphatic carboxylic acids is 1. The normalized spacial score (nSPS) is 26.5. The summed E-state index contributed by atoms with van der Waals surface area (Å²) in [6.45, 7) is 0.475. The van der Waals surface area contributed by atoms with Crippen LogP contribution in [0.25, 0.3) is 11.5 Å². The highest BCUT2D eigenvalue weighted by atomic mass is 19.1. The first-order chi connectivity index (χ1) is 12.1. The molecule has 0 unspecified atom stereocenters. The van der Waals surface area contributed by atoms with E-state index in [2.05, 4.69) is 9.88 Å². The number of aromatic nitrogens is 1. The Morgan fingerprint density at radius 2 is 2.04 bits per heavy atom. The number of hydrogen-bond donors (Lipinski definition) is 1. The summed E-state index contributed by atoms with van der Waals surface area (Å²) in [5.74, 6) is -0.156. The smallest absolute Gasteiger partial charge is 0.320 e. The second-order valence-corrected chi connectivity index (χ2v) is 7.02. The van der Waals surface area contributed by atoms with Crippen molar-refractivity contribution in [1.82, 2.24) is 9.88 Å². The molecule has 3 atom stereocenters. The number of hydrogen-bond acceptors (Lipinski definition) is 4. The summed E-state index contributed by atoms with van der Waals surface area (Å²) in [4.78, 5) is 18.2. The summed E-state index contributed by atoms with van der Waals surface area (Å²) >= 11 is 0. The van der Waals surface area contributed by atoms with Crippen molar-refractivity contribution in [3.8, 4) is 11.5 Å². The van der Waals surface area contributed by atoms with Crippen molar-refractivity contribution in [1.29, 1.82) is 0 Å². The minimum atomic E-state index is -0.753. The molecule has 132 valence electrons. The molecule has 0 bridgehead atoms. The minimum absolute atomic E-state index is 0.305. The van der Waals surface area contributed by atoms with Gasteiger partial charge in [0, 0.05) is 18.2 Å². The number of rotatable bonds is 4. The van der Waals surface area contributed by atoms with Crippen molar-refractivity contribution >= 4 is 5.97 Å². The van der Waals surface area contributed by atoms with E-state index in [1.54, 1.807) is 18.4 Å². The largest absolute Gasteiger partial charge is 0.480 e. The van der Waals surface area contributed by atoms with E-state index >= 15 is 0 Å². The molecule has 1 aliphatic heterocycles. The molecule has 0 amide bonds. The molecule has 0 spiro atoms. The Kier molecular flexibility index (Phi) is 4.29. The summed E-state index contributed by atoms with van der Waals surface area (Å²) in [5.41, 5.74) is 1.43. The molecule has 5 nitrogen and oxygen atoms in total. The van der Waals surface area contributed by atoms with Gasteiger partial charge in [0.05, 0.1) is 5.69 Å². The lowest BCUT2D eigenvalue weighted by Crippen LogP contribution is -2.41. The van der Waals surface area contributed by atoms with E-state index in [0.717, 1.165) is 31.4 Å². The number of carboxylic acid groups (broad SMARTS) is 1. The number of carboxylic acids is 1. The van der Waals surface area contributed by atoms with Gasteiger partial charge in [0.2, 0.25) is 5.89 Å². The summed E-state index contributed by atoms with van der Waals surface area (Å²) in [7, 11) is 0. The molecular formula is C19H21FN2O3. The van der Waals surface area contributed by atoms with Crippen LogP contribution >= 0.6 is 0 Å². The van der Waals surface area contributed by atoms with E-state index in [-0.39, 0.29) is 5.82 Å². The topological polar surface area (TPSA) is 66.6 Å². The second kappa shape index (κ2) is 6.59. The first-order valence-corrected chi connectivity index (χ1v) is 8.80. The molecular weight excluding hydrogens is 323 g/mol. The molecule has 1 aliphatic carbocycles. The van der Waals surface area contributed by atoms with Gasteiger partial charge in [-0.05, 0) is 49.4 Å². The molecule has 25 heavy (non-hydrogen) atoms. The highest BCUT2D eigenvalue weighted by Crippen LogP contribution is 2.40. The zero-order valence-electron chi connectivity index (χ0n) is 13.9. The Balaban J connectivity index is 1.54. The first kappa shape index (κ1) is 16.3. The minimum Gasteiger partial charge on any atom is -0.480 e. The maximum atomic E-state index is 13.0. The zero-order valence-corrected chi connectivity index (χ0v) is 13.9. The molecule has 0 radical (unpaired) electrons. The summed E-state index contributed by atoms with van der Waals surface area (Å²) in [5, 5.41) is 9.60. The summed E-state index contributed by atoms with van der Waals surface area (Å²) in [6.07, 6.45) is 6.82. The van der Waals surface area contributed by atoms with Crippen molar-refractivity contribution in [2.45, 2.75) is 50.7 Å². The number of oxazole rings is 1. The maximum Gasteiger partial charge on any atom is 0.320 e. The van der Waals surface area contributed by atoms with Crippen LogP contribution in [0.4, 0.5) is 4.39 Å². The van der Waals surface area contributed by atoms with E-state index in [9.17, 15) is 14.3 Å². The van der Waals surface area contributed by atoms with Crippen LogP contribution in [0, 0.1) is 11.7 Å². The number of benzene rings is 1. The average Bonchev–Trinajstić information content (AvgIpc) is 3.21.